The number of rotatable bonds is 13. The van der Waals surface area contributed by atoms with Gasteiger partial charge in [-0.1, -0.05) is 63.0 Å². The lowest BCUT2D eigenvalue weighted by Gasteiger charge is -2.63. The van der Waals surface area contributed by atoms with Crippen LogP contribution in [-0.4, -0.2) is 123 Å². The zero-order valence-corrected chi connectivity index (χ0v) is 42.7. The third kappa shape index (κ3) is 9.86. The fourth-order valence-electron chi connectivity index (χ4n) is 11.0. The van der Waals surface area contributed by atoms with Crippen LogP contribution in [0.25, 0.3) is 5.00 Å². The lowest BCUT2D eigenvalue weighted by molar-refractivity contribution is -0.164. The predicted molar refractivity (Wildman–Crippen MR) is 270 cm³/mol. The van der Waals surface area contributed by atoms with Gasteiger partial charge in [0.15, 0.2) is 5.82 Å². The van der Waals surface area contributed by atoms with Gasteiger partial charge in [0.25, 0.3) is 5.91 Å². The first-order valence-electron chi connectivity index (χ1n) is 23.8. The molecule has 3 fully saturated rings. The average Bonchev–Trinajstić information content (AvgIpc) is 3.82. The second-order valence-corrected chi connectivity index (χ2v) is 22.2. The summed E-state index contributed by atoms with van der Waals surface area (Å²) >= 11 is 14.2. The summed E-state index contributed by atoms with van der Waals surface area (Å²) in [6.07, 6.45) is 5.32. The maximum atomic E-state index is 13.6. The van der Waals surface area contributed by atoms with Crippen molar-refractivity contribution in [2.45, 2.75) is 85.9 Å². The fraction of sp³-hybridized carbons (Fsp3) is 0.490. The highest BCUT2D eigenvalue weighted by molar-refractivity contribution is 7.15. The van der Waals surface area contributed by atoms with Crippen LogP contribution in [0.3, 0.4) is 0 Å². The number of nitriles is 1. The molecule has 1 saturated carbocycles. The molecule has 1 aliphatic carbocycles. The number of ether oxygens (including phenoxy) is 1. The molecule has 1 atom stereocenters. The summed E-state index contributed by atoms with van der Waals surface area (Å²) in [4.78, 5) is 50.0. The molecule has 2 saturated heterocycles. The maximum absolute atomic E-state index is 13.6. The van der Waals surface area contributed by atoms with Gasteiger partial charge in [-0.3, -0.25) is 24.0 Å². The van der Waals surface area contributed by atoms with Crippen molar-refractivity contribution in [2.24, 2.45) is 21.7 Å². The Morgan fingerprint density at radius 3 is 2.26 bits per heavy atom. The van der Waals surface area contributed by atoms with Crippen molar-refractivity contribution >= 4 is 58.0 Å². The smallest absolute Gasteiger partial charge is 0.254 e. The third-order valence-electron chi connectivity index (χ3n) is 14.7. The molecular formula is C51H60Cl2N12O3S. The van der Waals surface area contributed by atoms with Gasteiger partial charge < -0.3 is 25.2 Å². The topological polar surface area (TPSA) is 170 Å². The van der Waals surface area contributed by atoms with E-state index < -0.39 is 6.04 Å². The van der Waals surface area contributed by atoms with Crippen molar-refractivity contribution in [2.75, 3.05) is 63.8 Å². The summed E-state index contributed by atoms with van der Waals surface area (Å²) in [6.45, 7) is 22.6. The molecule has 3 aromatic heterocycles. The summed E-state index contributed by atoms with van der Waals surface area (Å²) < 4.78 is 8.46. The number of thiophene rings is 1. The molecule has 362 valence electrons. The summed E-state index contributed by atoms with van der Waals surface area (Å²) in [7, 11) is 0. The van der Waals surface area contributed by atoms with Crippen molar-refractivity contribution in [3.63, 3.8) is 0 Å². The number of nitrogens with zero attached hydrogens (tertiary/aromatic N) is 10. The van der Waals surface area contributed by atoms with Crippen LogP contribution >= 0.6 is 34.5 Å². The number of benzene rings is 2. The lowest BCUT2D eigenvalue weighted by atomic mass is 9.49. The number of halogens is 2. The highest BCUT2D eigenvalue weighted by atomic mass is 35.5. The van der Waals surface area contributed by atoms with E-state index in [-0.39, 0.29) is 41.2 Å². The quantitative estimate of drug-likeness (QED) is 0.118. The van der Waals surface area contributed by atoms with E-state index in [0.717, 1.165) is 98.4 Å². The van der Waals surface area contributed by atoms with Crippen LogP contribution in [0.4, 0.5) is 5.95 Å². The molecule has 0 bridgehead atoms. The van der Waals surface area contributed by atoms with Crippen molar-refractivity contribution in [1.29, 1.82) is 5.26 Å². The van der Waals surface area contributed by atoms with Gasteiger partial charge in [-0.25, -0.2) is 9.97 Å². The number of aliphatic imine (C=N–C) groups is 1. The second-order valence-electron chi connectivity index (χ2n) is 20.1. The number of hydrogen-bond donors (Lipinski definition) is 2. The van der Waals surface area contributed by atoms with E-state index in [0.29, 0.717) is 51.2 Å². The minimum absolute atomic E-state index is 0.0619. The van der Waals surface area contributed by atoms with E-state index in [9.17, 15) is 14.9 Å². The van der Waals surface area contributed by atoms with Crippen molar-refractivity contribution in [3.8, 4) is 16.8 Å². The Morgan fingerprint density at radius 1 is 0.913 bits per heavy atom. The molecule has 5 aromatic rings. The first-order valence-corrected chi connectivity index (χ1v) is 25.4. The Kier molecular flexibility index (Phi) is 13.9. The summed E-state index contributed by atoms with van der Waals surface area (Å²) in [5.41, 5.74) is 4.05. The van der Waals surface area contributed by atoms with Gasteiger partial charge in [0.2, 0.25) is 11.9 Å². The summed E-state index contributed by atoms with van der Waals surface area (Å²) in [5, 5.41) is 26.7. The van der Waals surface area contributed by atoms with E-state index in [1.54, 1.807) is 41.9 Å². The van der Waals surface area contributed by atoms with Crippen molar-refractivity contribution in [3.05, 3.63) is 109 Å². The highest BCUT2D eigenvalue weighted by Crippen LogP contribution is 2.55. The molecule has 2 N–H and O–H groups in total. The standard InChI is InChI=1S/C51H60Cl2N12O3S/c1-30-31(2)69-46-42(30)43(34-8-11-37(52)12-9-34)58-40(44-61-60-32(3)65(44)46)25-41(66)55-16-19-62-20-22-63(23-21-62)29-33-14-17-64(18-15-33)49-56-27-36(28-57-49)45(67)59-47-50(4,5)48(51(47,6)7)68-38-13-10-35(26-54)39(53)24-38/h8-13,24,27-28,33,40,47-48H,14-23,25,29H2,1-7H3,(H,55,66)(H,59,67)/t40-,47?,48?/m0/s1. The number of piperidine rings is 1. The van der Waals surface area contributed by atoms with Gasteiger partial charge in [-0.05, 0) is 69.4 Å². The zero-order valence-electron chi connectivity index (χ0n) is 40.4. The lowest BCUT2D eigenvalue weighted by Crippen LogP contribution is -2.74. The zero-order chi connectivity index (χ0) is 48.8. The van der Waals surface area contributed by atoms with Gasteiger partial charge >= 0.3 is 0 Å². The predicted octanol–water partition coefficient (Wildman–Crippen LogP) is 7.77. The van der Waals surface area contributed by atoms with Crippen molar-refractivity contribution < 1.29 is 14.3 Å². The van der Waals surface area contributed by atoms with Crippen molar-refractivity contribution in [1.82, 2.24) is 45.2 Å². The minimum Gasteiger partial charge on any atom is -0.489 e. The van der Waals surface area contributed by atoms with E-state index in [2.05, 4.69) is 97.7 Å². The minimum atomic E-state index is -0.503. The number of carbonyl (C=O) groups excluding carboxylic acids is 2. The fourth-order valence-corrected chi connectivity index (χ4v) is 12.6. The summed E-state index contributed by atoms with van der Waals surface area (Å²) in [5.74, 6) is 2.99. The van der Waals surface area contributed by atoms with Crippen LogP contribution in [0.5, 0.6) is 5.75 Å². The number of hydrogen-bond acceptors (Lipinski definition) is 13. The Bertz CT molecular complexity index is 2770. The molecule has 0 spiro atoms. The second kappa shape index (κ2) is 19.8. The van der Waals surface area contributed by atoms with Crippen LogP contribution < -0.4 is 20.3 Å². The number of amides is 2. The van der Waals surface area contributed by atoms with Gasteiger partial charge in [-0.2, -0.15) is 5.26 Å². The average molecular weight is 992 g/mol. The molecule has 0 radical (unpaired) electrons. The van der Waals surface area contributed by atoms with Crippen LogP contribution in [0.1, 0.15) is 102 Å². The molecule has 0 unspecified atom stereocenters. The number of nitrogens with one attached hydrogen (secondary N) is 2. The Hall–Kier alpha value is -5.44. The molecule has 9 rings (SSSR count). The normalized spacial score (nSPS) is 21.2. The molecule has 69 heavy (non-hydrogen) atoms. The number of carbonyl (C=O) groups is 2. The molecule has 2 amide bonds. The molecule has 4 aliphatic rings. The third-order valence-corrected chi connectivity index (χ3v) is 16.5. The van der Waals surface area contributed by atoms with Gasteiger partial charge in [0.1, 0.15) is 34.8 Å². The van der Waals surface area contributed by atoms with E-state index in [1.807, 2.05) is 31.2 Å². The first-order chi connectivity index (χ1) is 33.0. The molecular weight excluding hydrogens is 932 g/mol. The van der Waals surface area contributed by atoms with Crippen LogP contribution in [0.15, 0.2) is 59.9 Å². The largest absolute Gasteiger partial charge is 0.489 e. The molecule has 6 heterocycles. The number of fused-ring (bicyclic) bond motifs is 3. The van der Waals surface area contributed by atoms with E-state index in [4.69, 9.17) is 32.9 Å². The monoisotopic (exact) mass is 990 g/mol. The van der Waals surface area contributed by atoms with E-state index in [1.165, 1.54) is 4.88 Å². The number of anilines is 1. The van der Waals surface area contributed by atoms with Crippen LogP contribution in [-0.2, 0) is 4.79 Å². The Morgan fingerprint density at radius 2 is 1.59 bits per heavy atom. The SMILES string of the molecule is Cc1sc2c(c1C)C(c1ccc(Cl)cc1)=N[C@@H](CC(=O)NCCN1CCN(CC3CCN(c4ncc(C(=O)NC5C(C)(C)C(Oc6ccc(C#N)c(Cl)c6)C5(C)C)cn4)CC3)CC1)c1nnc(C)n1-2. The Labute approximate surface area is 418 Å². The van der Waals surface area contributed by atoms with Gasteiger partial charge in [0, 0.05) is 115 Å². The van der Waals surface area contributed by atoms with Crippen LogP contribution in [0, 0.1) is 48.9 Å². The maximum Gasteiger partial charge on any atom is 0.254 e. The van der Waals surface area contributed by atoms with E-state index >= 15 is 0 Å². The summed E-state index contributed by atoms with van der Waals surface area (Å²) in [6, 6.07) is 14.2. The van der Waals surface area contributed by atoms with Gasteiger partial charge in [0.05, 0.1) is 28.3 Å². The van der Waals surface area contributed by atoms with Crippen LogP contribution in [0.2, 0.25) is 10.0 Å². The molecule has 2 aromatic carbocycles. The Balaban J connectivity index is 0.706. The molecule has 3 aliphatic heterocycles. The van der Waals surface area contributed by atoms with Gasteiger partial charge in [-0.15, -0.1) is 21.5 Å². The number of aromatic nitrogens is 5. The molecule has 18 heteroatoms. The highest BCUT2D eigenvalue weighted by Gasteiger charge is 2.64. The molecule has 15 nitrogen and oxygen atoms in total. The number of aryl methyl sites for hydroxylation is 2. The first kappa shape index (κ1) is 48.6. The number of piperazine rings is 1.